The molecule has 45 heavy (non-hydrogen) atoms. The van der Waals surface area contributed by atoms with E-state index in [1.165, 1.54) is 11.1 Å². The molecule has 3 aromatic carbocycles. The SMILES string of the molecule is CC(C)=CCC/C(C)=C/CN1C(=O)[C@]2(O[C@H](CCO)[C@@H]([Si](C)(C)O)[C@@H]2C)c2cc(N3C(=O)c4cccc5cccc3c45)ccc21. The van der Waals surface area contributed by atoms with Crippen molar-refractivity contribution in [1.29, 1.82) is 0 Å². The van der Waals surface area contributed by atoms with Gasteiger partial charge in [0.05, 0.1) is 23.0 Å². The second kappa shape index (κ2) is 11.7. The Labute approximate surface area is 266 Å². The molecule has 7 nitrogen and oxygen atoms in total. The van der Waals surface area contributed by atoms with E-state index >= 15 is 0 Å². The van der Waals surface area contributed by atoms with Gasteiger partial charge in [0.25, 0.3) is 11.8 Å². The molecule has 0 aromatic heterocycles. The summed E-state index contributed by atoms with van der Waals surface area (Å²) in [4.78, 5) is 43.6. The molecule has 2 N–H and O–H groups in total. The molecular formula is C37H44N2O5Si. The number of carbonyl (C=O) groups is 2. The van der Waals surface area contributed by atoms with Crippen LogP contribution < -0.4 is 9.80 Å². The molecule has 8 heteroatoms. The lowest BCUT2D eigenvalue weighted by Crippen LogP contribution is -2.46. The fourth-order valence-electron chi connectivity index (χ4n) is 7.89. The zero-order valence-corrected chi connectivity index (χ0v) is 28.1. The number of fused-ring (bicyclic) bond motifs is 2. The van der Waals surface area contributed by atoms with Crippen LogP contribution in [-0.4, -0.2) is 49.3 Å². The number of amides is 2. The predicted octanol–water partition coefficient (Wildman–Crippen LogP) is 7.35. The summed E-state index contributed by atoms with van der Waals surface area (Å²) in [6.45, 7) is 12.4. The lowest BCUT2D eigenvalue weighted by molar-refractivity contribution is -0.146. The van der Waals surface area contributed by atoms with Gasteiger partial charge in [-0.05, 0) is 88.8 Å². The Bertz CT molecular complexity index is 1730. The van der Waals surface area contributed by atoms with Crippen LogP contribution in [0.1, 0.15) is 62.9 Å². The predicted molar refractivity (Wildman–Crippen MR) is 183 cm³/mol. The van der Waals surface area contributed by atoms with Gasteiger partial charge in [0, 0.05) is 41.2 Å². The Kier molecular flexibility index (Phi) is 8.14. The monoisotopic (exact) mass is 624 g/mol. The summed E-state index contributed by atoms with van der Waals surface area (Å²) < 4.78 is 6.82. The van der Waals surface area contributed by atoms with Crippen molar-refractivity contribution in [3.05, 3.63) is 89.0 Å². The van der Waals surface area contributed by atoms with Crippen molar-refractivity contribution in [2.45, 2.75) is 77.3 Å². The van der Waals surface area contributed by atoms with E-state index in [1.54, 1.807) is 9.80 Å². The van der Waals surface area contributed by atoms with Gasteiger partial charge in [-0.1, -0.05) is 54.5 Å². The average molecular weight is 625 g/mol. The summed E-state index contributed by atoms with van der Waals surface area (Å²) in [7, 11) is -2.83. The first-order chi connectivity index (χ1) is 21.4. The maximum atomic E-state index is 14.7. The van der Waals surface area contributed by atoms with Crippen LogP contribution in [0.4, 0.5) is 17.1 Å². The number of nitrogens with zero attached hydrogens (tertiary/aromatic N) is 2. The van der Waals surface area contributed by atoms with E-state index in [1.807, 2.05) is 74.6 Å². The molecule has 236 valence electrons. The molecule has 1 spiro atoms. The normalized spacial score (nSPS) is 24.4. The number of ether oxygens (including phenoxy) is 1. The molecule has 3 heterocycles. The third kappa shape index (κ3) is 5.08. The van der Waals surface area contributed by atoms with E-state index in [-0.39, 0.29) is 29.9 Å². The van der Waals surface area contributed by atoms with Crippen LogP contribution in [0.5, 0.6) is 0 Å². The van der Waals surface area contributed by atoms with Crippen LogP contribution in [0, 0.1) is 5.92 Å². The van der Waals surface area contributed by atoms with Gasteiger partial charge < -0.3 is 19.5 Å². The molecule has 1 fully saturated rings. The van der Waals surface area contributed by atoms with E-state index in [4.69, 9.17) is 4.74 Å². The molecule has 6 rings (SSSR count). The summed E-state index contributed by atoms with van der Waals surface area (Å²) in [5, 5.41) is 11.9. The van der Waals surface area contributed by atoms with Gasteiger partial charge in [-0.3, -0.25) is 14.5 Å². The zero-order chi connectivity index (χ0) is 32.3. The zero-order valence-electron chi connectivity index (χ0n) is 27.1. The van der Waals surface area contributed by atoms with Crippen LogP contribution in [0.15, 0.2) is 77.9 Å². The number of rotatable bonds is 9. The first kappa shape index (κ1) is 31.4. The molecule has 3 aromatic rings. The highest BCUT2D eigenvalue weighted by Crippen LogP contribution is 2.60. The minimum Gasteiger partial charge on any atom is -0.432 e. The number of aliphatic hydroxyl groups is 1. The summed E-state index contributed by atoms with van der Waals surface area (Å²) in [5.74, 6) is -0.602. The minimum atomic E-state index is -2.83. The molecular weight excluding hydrogens is 581 g/mol. The van der Waals surface area contributed by atoms with Crippen molar-refractivity contribution >= 4 is 48.0 Å². The molecule has 0 saturated carbocycles. The highest BCUT2D eigenvalue weighted by molar-refractivity contribution is 6.71. The third-order valence-corrected chi connectivity index (χ3v) is 12.4. The number of aliphatic hydroxyl groups excluding tert-OH is 1. The maximum Gasteiger partial charge on any atom is 0.264 e. The van der Waals surface area contributed by atoms with E-state index in [0.717, 1.165) is 35.0 Å². The second-order valence-corrected chi connectivity index (χ2v) is 17.7. The molecule has 1 saturated heterocycles. The quantitative estimate of drug-likeness (QED) is 0.192. The number of benzene rings is 3. The average Bonchev–Trinajstić information content (AvgIpc) is 3.54. The summed E-state index contributed by atoms with van der Waals surface area (Å²) in [6, 6.07) is 17.5. The van der Waals surface area contributed by atoms with E-state index < -0.39 is 20.0 Å². The van der Waals surface area contributed by atoms with Crippen molar-refractivity contribution in [2.24, 2.45) is 5.92 Å². The Morgan fingerprint density at radius 3 is 2.44 bits per heavy atom. The molecule has 0 radical (unpaired) electrons. The smallest absolute Gasteiger partial charge is 0.264 e. The van der Waals surface area contributed by atoms with Gasteiger partial charge in [0.1, 0.15) is 0 Å². The molecule has 3 aliphatic heterocycles. The van der Waals surface area contributed by atoms with Gasteiger partial charge in [-0.2, -0.15) is 0 Å². The first-order valence-electron chi connectivity index (χ1n) is 16.0. The van der Waals surface area contributed by atoms with Crippen LogP contribution in [0.3, 0.4) is 0 Å². The molecule has 0 unspecified atom stereocenters. The largest absolute Gasteiger partial charge is 0.432 e. The Hall–Kier alpha value is -3.56. The van der Waals surface area contributed by atoms with Gasteiger partial charge >= 0.3 is 0 Å². The van der Waals surface area contributed by atoms with Crippen molar-refractivity contribution < 1.29 is 24.2 Å². The van der Waals surface area contributed by atoms with Crippen molar-refractivity contribution in [3.63, 3.8) is 0 Å². The van der Waals surface area contributed by atoms with Crippen molar-refractivity contribution in [3.8, 4) is 0 Å². The van der Waals surface area contributed by atoms with E-state index in [9.17, 15) is 19.5 Å². The number of anilines is 3. The summed E-state index contributed by atoms with van der Waals surface area (Å²) in [6.07, 6.45) is 6.06. The lowest BCUT2D eigenvalue weighted by Gasteiger charge is -2.32. The highest BCUT2D eigenvalue weighted by Gasteiger charge is 2.66. The third-order valence-electron chi connectivity index (χ3n) is 9.91. The number of hydrogen-bond donors (Lipinski definition) is 2. The molecule has 3 aliphatic rings. The Morgan fingerprint density at radius 2 is 1.76 bits per heavy atom. The lowest BCUT2D eigenvalue weighted by atomic mass is 9.82. The Balaban J connectivity index is 1.46. The van der Waals surface area contributed by atoms with Crippen LogP contribution in [0.2, 0.25) is 18.6 Å². The number of allylic oxidation sites excluding steroid dienone is 3. The molecule has 4 atom stereocenters. The van der Waals surface area contributed by atoms with Crippen molar-refractivity contribution in [1.82, 2.24) is 0 Å². The van der Waals surface area contributed by atoms with Gasteiger partial charge in [0.2, 0.25) is 0 Å². The van der Waals surface area contributed by atoms with Crippen LogP contribution in [-0.2, 0) is 15.1 Å². The van der Waals surface area contributed by atoms with E-state index in [0.29, 0.717) is 29.8 Å². The van der Waals surface area contributed by atoms with Gasteiger partial charge in [-0.15, -0.1) is 0 Å². The van der Waals surface area contributed by atoms with E-state index in [2.05, 4.69) is 32.9 Å². The van der Waals surface area contributed by atoms with Crippen LogP contribution >= 0.6 is 0 Å². The number of carbonyl (C=O) groups excluding carboxylic acids is 2. The van der Waals surface area contributed by atoms with Gasteiger partial charge in [-0.25, -0.2) is 0 Å². The summed E-state index contributed by atoms with van der Waals surface area (Å²) in [5.41, 5.74) is 4.50. The molecule has 0 bridgehead atoms. The standard InChI is InChI=1S/C37H44N2O5Si/c1-23(2)10-7-11-24(3)18-20-38-30-17-16-27(39-31-15-9-13-26-12-8-14-28(33(26)31)35(39)41)22-29(30)37(36(38)42)25(4)34(45(5,6)43)32(44-37)19-21-40/h8-10,12-18,22,25,32,34,40,43H,7,11,19-21H2,1-6H3/b24-18+/t25-,32+,34-,37+/m0/s1. The fraction of sp³-hybridized carbons (Fsp3) is 0.405. The molecule has 2 amide bonds. The number of hydrogen-bond acceptors (Lipinski definition) is 5. The van der Waals surface area contributed by atoms with Gasteiger partial charge in [0.15, 0.2) is 13.9 Å². The summed E-state index contributed by atoms with van der Waals surface area (Å²) >= 11 is 0. The highest BCUT2D eigenvalue weighted by atomic mass is 28.4. The minimum absolute atomic E-state index is 0.0998. The first-order valence-corrected chi connectivity index (χ1v) is 19.0. The maximum absolute atomic E-state index is 14.7. The molecule has 0 aliphatic carbocycles. The fourth-order valence-corrected chi connectivity index (χ4v) is 10.5. The van der Waals surface area contributed by atoms with Crippen LogP contribution in [0.25, 0.3) is 10.8 Å². The Morgan fingerprint density at radius 1 is 1.02 bits per heavy atom. The van der Waals surface area contributed by atoms with Crippen molar-refractivity contribution in [2.75, 3.05) is 23.0 Å². The second-order valence-electron chi connectivity index (χ2n) is 13.7. The topological polar surface area (TPSA) is 90.3 Å².